The van der Waals surface area contributed by atoms with Crippen molar-refractivity contribution in [3.8, 4) is 0 Å². The van der Waals surface area contributed by atoms with Gasteiger partial charge < -0.3 is 4.67 Å². The maximum Gasteiger partial charge on any atom is 0.230 e. The van der Waals surface area contributed by atoms with Gasteiger partial charge in [-0.15, -0.1) is 0 Å². The van der Waals surface area contributed by atoms with Crippen LogP contribution in [0.25, 0.3) is 0 Å². The first-order valence-corrected chi connectivity index (χ1v) is 13.7. The molecular formula is C26H22NO3PS. The number of hydrogen-bond acceptors (Lipinski definition) is 3. The second-order valence-corrected chi connectivity index (χ2v) is 12.4. The topological polar surface area (TPSA) is 54.5 Å². The van der Waals surface area contributed by atoms with Gasteiger partial charge in [-0.25, -0.2) is 8.42 Å². The van der Waals surface area contributed by atoms with Crippen molar-refractivity contribution in [2.75, 3.05) is 10.4 Å². The van der Waals surface area contributed by atoms with Crippen molar-refractivity contribution in [2.24, 2.45) is 0 Å². The summed E-state index contributed by atoms with van der Waals surface area (Å²) in [6.07, 6.45) is 0. The first-order chi connectivity index (χ1) is 15.5. The number of fused-ring (bicyclic) bond motifs is 1. The van der Waals surface area contributed by atoms with Crippen molar-refractivity contribution >= 4 is 33.4 Å². The molecule has 0 saturated carbocycles. The summed E-state index contributed by atoms with van der Waals surface area (Å²) in [6.45, 7) is 0. The van der Waals surface area contributed by atoms with Crippen molar-refractivity contribution in [1.29, 1.82) is 0 Å². The zero-order valence-corrected chi connectivity index (χ0v) is 19.0. The predicted molar refractivity (Wildman–Crippen MR) is 130 cm³/mol. The third-order valence-corrected chi connectivity index (χ3v) is 10.7. The Bertz CT molecular complexity index is 1390. The molecule has 4 nitrogen and oxygen atoms in total. The molecule has 6 heteroatoms. The number of para-hydroxylation sites is 1. The quantitative estimate of drug-likeness (QED) is 0.396. The Morgan fingerprint density at radius 1 is 0.688 bits per heavy atom. The monoisotopic (exact) mass is 459 g/mol. The van der Waals surface area contributed by atoms with Gasteiger partial charge in [-0.2, -0.15) is 0 Å². The van der Waals surface area contributed by atoms with Crippen molar-refractivity contribution in [3.63, 3.8) is 0 Å². The van der Waals surface area contributed by atoms with E-state index < -0.39 is 23.2 Å². The van der Waals surface area contributed by atoms with Crippen molar-refractivity contribution < 1.29 is 13.0 Å². The fourth-order valence-corrected chi connectivity index (χ4v) is 9.27. The molecule has 0 fully saturated rings. The van der Waals surface area contributed by atoms with Gasteiger partial charge in [0.05, 0.1) is 16.7 Å². The molecule has 0 aliphatic carbocycles. The highest BCUT2D eigenvalue weighted by Gasteiger charge is 2.49. The molecule has 1 heterocycles. The molecule has 2 unspecified atom stereocenters. The Labute approximate surface area is 188 Å². The Morgan fingerprint density at radius 2 is 1.22 bits per heavy atom. The fraction of sp³-hybridized carbons (Fsp3) is 0.0769. The normalized spacial score (nSPS) is 20.1. The van der Waals surface area contributed by atoms with Gasteiger partial charge in [0.1, 0.15) is 0 Å². The molecule has 0 saturated heterocycles. The Hall–Kier alpha value is -3.14. The van der Waals surface area contributed by atoms with Crippen LogP contribution in [0.1, 0.15) is 11.6 Å². The van der Waals surface area contributed by atoms with Crippen LogP contribution in [0.3, 0.4) is 0 Å². The lowest BCUT2D eigenvalue weighted by Gasteiger charge is -2.33. The van der Waals surface area contributed by atoms with Crippen LogP contribution in [0.5, 0.6) is 0 Å². The molecule has 4 aromatic rings. The highest BCUT2D eigenvalue weighted by Crippen LogP contribution is 2.60. The molecule has 1 aliphatic rings. The number of rotatable bonds is 5. The van der Waals surface area contributed by atoms with E-state index in [0.29, 0.717) is 10.6 Å². The van der Waals surface area contributed by atoms with Gasteiger partial charge >= 0.3 is 0 Å². The smallest absolute Gasteiger partial charge is 0.230 e. The van der Waals surface area contributed by atoms with Gasteiger partial charge in [-0.1, -0.05) is 72.8 Å². The van der Waals surface area contributed by atoms with E-state index in [-0.39, 0.29) is 10.6 Å². The number of nitrogens with zero attached hydrogens (tertiary/aromatic N) is 1. The lowest BCUT2D eigenvalue weighted by atomic mass is 10.1. The molecule has 0 bridgehead atoms. The van der Waals surface area contributed by atoms with Gasteiger partial charge in [0, 0.05) is 16.3 Å². The summed E-state index contributed by atoms with van der Waals surface area (Å²) in [5.74, 6) is -0.167. The second-order valence-electron chi connectivity index (χ2n) is 7.76. The minimum absolute atomic E-state index is 0.167. The predicted octanol–water partition coefficient (Wildman–Crippen LogP) is 4.95. The summed E-state index contributed by atoms with van der Waals surface area (Å²) in [7, 11) is -6.93. The van der Waals surface area contributed by atoms with Crippen molar-refractivity contribution in [2.45, 2.75) is 10.9 Å². The van der Waals surface area contributed by atoms with Crippen LogP contribution in [-0.2, 0) is 14.4 Å². The molecule has 0 aromatic heterocycles. The van der Waals surface area contributed by atoms with Crippen LogP contribution >= 0.6 is 7.29 Å². The average molecular weight is 460 g/mol. The molecule has 32 heavy (non-hydrogen) atoms. The van der Waals surface area contributed by atoms with Crippen LogP contribution in [-0.4, -0.2) is 14.2 Å². The summed E-state index contributed by atoms with van der Waals surface area (Å²) in [5, 5.41) is 1.39. The van der Waals surface area contributed by atoms with Gasteiger partial charge in [-0.3, -0.25) is 4.57 Å². The molecule has 0 radical (unpaired) electrons. The molecule has 1 aliphatic heterocycles. The maximum absolute atomic E-state index is 14.9. The lowest BCUT2D eigenvalue weighted by Crippen LogP contribution is -2.30. The first-order valence-electron chi connectivity index (χ1n) is 10.4. The van der Waals surface area contributed by atoms with E-state index in [1.807, 2.05) is 89.6 Å². The van der Waals surface area contributed by atoms with E-state index in [9.17, 15) is 13.0 Å². The van der Waals surface area contributed by atoms with Crippen LogP contribution in [0.15, 0.2) is 120 Å². The molecular weight excluding hydrogens is 437 g/mol. The number of sulfone groups is 1. The number of anilines is 1. The number of hydrogen-bond donors (Lipinski definition) is 0. The van der Waals surface area contributed by atoms with E-state index in [1.165, 1.54) is 0 Å². The maximum atomic E-state index is 14.9. The van der Waals surface area contributed by atoms with Crippen LogP contribution in [0.4, 0.5) is 5.69 Å². The molecule has 2 atom stereocenters. The molecule has 0 N–H and O–H groups in total. The summed E-state index contributed by atoms with van der Waals surface area (Å²) in [4.78, 5) is 0.270. The minimum Gasteiger partial charge on any atom is -0.307 e. The third-order valence-electron chi connectivity index (χ3n) is 5.83. The van der Waals surface area contributed by atoms with Crippen molar-refractivity contribution in [1.82, 2.24) is 0 Å². The van der Waals surface area contributed by atoms with E-state index >= 15 is 0 Å². The zero-order valence-electron chi connectivity index (χ0n) is 17.3. The van der Waals surface area contributed by atoms with E-state index in [1.54, 1.807) is 30.3 Å². The standard InChI is InChI=1S/C26H22NO3PS/c28-31(22-14-6-2-7-15-22)26-19-11-10-18-24(26)25(27(31)21-12-4-1-5-13-21)20-32(29,30)23-16-8-3-9-17-23/h1-19,25H,20H2. The molecule has 0 spiro atoms. The second kappa shape index (κ2) is 8.09. The van der Waals surface area contributed by atoms with Gasteiger partial charge in [0.25, 0.3) is 0 Å². The highest BCUT2D eigenvalue weighted by atomic mass is 32.2. The van der Waals surface area contributed by atoms with E-state index in [2.05, 4.69) is 0 Å². The number of benzene rings is 4. The first kappa shape index (κ1) is 20.7. The third kappa shape index (κ3) is 3.38. The SMILES string of the molecule is O=P1(c2ccccc2)c2ccccc2C(CS(=O)(=O)c2ccccc2)N1c1ccccc1. The summed E-state index contributed by atoms with van der Waals surface area (Å²) in [5.41, 5.74) is 1.53. The van der Waals surface area contributed by atoms with Crippen molar-refractivity contribution in [3.05, 3.63) is 121 Å². The molecule has 5 rings (SSSR count). The summed E-state index contributed by atoms with van der Waals surface area (Å²) in [6, 6.07) is 34.2. The summed E-state index contributed by atoms with van der Waals surface area (Å²) >= 11 is 0. The largest absolute Gasteiger partial charge is 0.307 e. The zero-order chi connectivity index (χ0) is 22.2. The van der Waals surface area contributed by atoms with Gasteiger partial charge in [-0.05, 0) is 48.0 Å². The van der Waals surface area contributed by atoms with Crippen LogP contribution in [0, 0.1) is 0 Å². The highest BCUT2D eigenvalue weighted by molar-refractivity contribution is 7.91. The Morgan fingerprint density at radius 3 is 1.88 bits per heavy atom. The Balaban J connectivity index is 1.73. The van der Waals surface area contributed by atoms with Crippen LogP contribution in [0.2, 0.25) is 0 Å². The lowest BCUT2D eigenvalue weighted by molar-refractivity contribution is 0.579. The van der Waals surface area contributed by atoms with Crippen LogP contribution < -0.4 is 15.3 Å². The minimum atomic E-state index is -3.62. The molecule has 160 valence electrons. The fourth-order valence-electron chi connectivity index (χ4n) is 4.40. The average Bonchev–Trinajstić information content (AvgIpc) is 3.09. The van der Waals surface area contributed by atoms with E-state index in [4.69, 9.17) is 0 Å². The summed E-state index contributed by atoms with van der Waals surface area (Å²) < 4.78 is 43.6. The Kier molecular flexibility index (Phi) is 5.24. The van der Waals surface area contributed by atoms with Gasteiger partial charge in [0.2, 0.25) is 7.29 Å². The van der Waals surface area contributed by atoms with Gasteiger partial charge in [0.15, 0.2) is 9.84 Å². The molecule has 0 amide bonds. The van der Waals surface area contributed by atoms with E-state index in [0.717, 1.165) is 11.3 Å². The molecule has 4 aromatic carbocycles.